The van der Waals surface area contributed by atoms with Gasteiger partial charge in [0.05, 0.1) is 6.54 Å². The number of carbonyl (C=O) groups excluding carboxylic acids is 1. The molecule has 0 aliphatic carbocycles. The zero-order valence-corrected chi connectivity index (χ0v) is 8.44. The fourth-order valence-corrected chi connectivity index (χ4v) is 1.23. The fraction of sp³-hybridized carbons (Fsp3) is 0.364. The highest BCUT2D eigenvalue weighted by Crippen LogP contribution is 2.02. The third-order valence-electron chi connectivity index (χ3n) is 1.98. The van der Waals surface area contributed by atoms with Crippen LogP contribution in [-0.2, 0) is 11.3 Å². The van der Waals surface area contributed by atoms with E-state index in [1.165, 1.54) is 5.01 Å². The molecule has 0 aromatic heterocycles. The van der Waals surface area contributed by atoms with Gasteiger partial charge in [-0.1, -0.05) is 37.3 Å². The number of nitrogens with two attached hydrogens (primary N) is 1. The van der Waals surface area contributed by atoms with Crippen LogP contribution in [0, 0.1) is 0 Å². The molecule has 1 rings (SSSR count). The lowest BCUT2D eigenvalue weighted by atomic mass is 10.2. The topological polar surface area (TPSA) is 46.3 Å². The molecule has 3 heteroatoms. The maximum absolute atomic E-state index is 11.3. The van der Waals surface area contributed by atoms with Gasteiger partial charge in [-0.2, -0.15) is 0 Å². The summed E-state index contributed by atoms with van der Waals surface area (Å²) < 4.78 is 0. The summed E-state index contributed by atoms with van der Waals surface area (Å²) in [4.78, 5) is 11.3. The average Bonchev–Trinajstić information content (AvgIpc) is 2.19. The molecule has 0 heterocycles. The molecular formula is C11H16N2O. The van der Waals surface area contributed by atoms with Crippen LogP contribution in [-0.4, -0.2) is 10.9 Å². The van der Waals surface area contributed by atoms with Gasteiger partial charge >= 0.3 is 0 Å². The monoisotopic (exact) mass is 192 g/mol. The Kier molecular flexibility index (Phi) is 4.13. The average molecular weight is 192 g/mol. The first-order valence-electron chi connectivity index (χ1n) is 4.83. The van der Waals surface area contributed by atoms with Gasteiger partial charge in [0.2, 0.25) is 5.91 Å². The second-order valence-corrected chi connectivity index (χ2v) is 3.26. The molecule has 0 unspecified atom stereocenters. The Labute approximate surface area is 84.5 Å². The number of hydrazine groups is 1. The van der Waals surface area contributed by atoms with Crippen molar-refractivity contribution in [2.45, 2.75) is 26.3 Å². The van der Waals surface area contributed by atoms with E-state index in [0.717, 1.165) is 12.0 Å². The zero-order chi connectivity index (χ0) is 10.4. The predicted octanol–water partition coefficient (Wildman–Crippen LogP) is 1.69. The van der Waals surface area contributed by atoms with E-state index in [2.05, 4.69) is 0 Å². The van der Waals surface area contributed by atoms with Crippen LogP contribution in [0.4, 0.5) is 0 Å². The largest absolute Gasteiger partial charge is 0.276 e. The van der Waals surface area contributed by atoms with Crippen LogP contribution >= 0.6 is 0 Å². The van der Waals surface area contributed by atoms with Crippen molar-refractivity contribution >= 4 is 5.91 Å². The van der Waals surface area contributed by atoms with Crippen molar-refractivity contribution in [1.82, 2.24) is 5.01 Å². The second kappa shape index (κ2) is 5.40. The predicted molar refractivity (Wildman–Crippen MR) is 56.1 cm³/mol. The summed E-state index contributed by atoms with van der Waals surface area (Å²) in [5.41, 5.74) is 1.06. The molecule has 0 spiro atoms. The highest BCUT2D eigenvalue weighted by atomic mass is 16.2. The molecular weight excluding hydrogens is 176 g/mol. The van der Waals surface area contributed by atoms with E-state index in [-0.39, 0.29) is 5.91 Å². The van der Waals surface area contributed by atoms with Gasteiger partial charge < -0.3 is 0 Å². The van der Waals surface area contributed by atoms with Crippen LogP contribution < -0.4 is 5.84 Å². The minimum atomic E-state index is -0.00338. The van der Waals surface area contributed by atoms with Crippen LogP contribution in [0.25, 0.3) is 0 Å². The number of carbonyl (C=O) groups is 1. The van der Waals surface area contributed by atoms with Gasteiger partial charge in [0.1, 0.15) is 0 Å². The number of hydrogen-bond donors (Lipinski definition) is 1. The van der Waals surface area contributed by atoms with Crippen molar-refractivity contribution in [3.05, 3.63) is 35.9 Å². The van der Waals surface area contributed by atoms with Gasteiger partial charge in [0.15, 0.2) is 0 Å². The van der Waals surface area contributed by atoms with E-state index in [1.807, 2.05) is 37.3 Å². The zero-order valence-electron chi connectivity index (χ0n) is 8.44. The summed E-state index contributed by atoms with van der Waals surface area (Å²) in [5, 5.41) is 1.28. The molecule has 0 radical (unpaired) electrons. The molecule has 0 fully saturated rings. The molecule has 1 aromatic carbocycles. The van der Waals surface area contributed by atoms with Gasteiger partial charge in [-0.3, -0.25) is 9.80 Å². The van der Waals surface area contributed by atoms with Crippen LogP contribution in [0.5, 0.6) is 0 Å². The molecule has 14 heavy (non-hydrogen) atoms. The van der Waals surface area contributed by atoms with E-state index < -0.39 is 0 Å². The van der Waals surface area contributed by atoms with Crippen molar-refractivity contribution < 1.29 is 4.79 Å². The van der Waals surface area contributed by atoms with Gasteiger partial charge in [-0.15, -0.1) is 0 Å². The first-order valence-corrected chi connectivity index (χ1v) is 4.83. The molecule has 1 aromatic rings. The first kappa shape index (κ1) is 10.7. The van der Waals surface area contributed by atoms with Crippen LogP contribution in [0.15, 0.2) is 30.3 Å². The summed E-state index contributed by atoms with van der Waals surface area (Å²) >= 11 is 0. The second-order valence-electron chi connectivity index (χ2n) is 3.26. The van der Waals surface area contributed by atoms with Crippen LogP contribution in [0.2, 0.25) is 0 Å². The van der Waals surface area contributed by atoms with Crippen LogP contribution in [0.3, 0.4) is 0 Å². The lowest BCUT2D eigenvalue weighted by molar-refractivity contribution is -0.132. The Morgan fingerprint density at radius 2 is 2.00 bits per heavy atom. The summed E-state index contributed by atoms with van der Waals surface area (Å²) in [6, 6.07) is 9.73. The first-order chi connectivity index (χ1) is 6.74. The van der Waals surface area contributed by atoms with E-state index in [4.69, 9.17) is 5.84 Å². The minimum absolute atomic E-state index is 0.00338. The highest BCUT2D eigenvalue weighted by Gasteiger charge is 2.07. The van der Waals surface area contributed by atoms with E-state index in [9.17, 15) is 4.79 Å². The Morgan fingerprint density at radius 1 is 1.36 bits per heavy atom. The SMILES string of the molecule is CCCC(=O)N(N)Cc1ccccc1. The molecule has 1 amide bonds. The molecule has 0 aliphatic rings. The quantitative estimate of drug-likeness (QED) is 0.448. The number of amides is 1. The third kappa shape index (κ3) is 3.18. The Balaban J connectivity index is 2.49. The Hall–Kier alpha value is -1.35. The molecule has 0 saturated heterocycles. The van der Waals surface area contributed by atoms with Gasteiger partial charge in [-0.05, 0) is 12.0 Å². The fourth-order valence-electron chi connectivity index (χ4n) is 1.23. The van der Waals surface area contributed by atoms with Crippen molar-refractivity contribution in [1.29, 1.82) is 0 Å². The van der Waals surface area contributed by atoms with Crippen molar-refractivity contribution in [2.75, 3.05) is 0 Å². The molecule has 76 valence electrons. The van der Waals surface area contributed by atoms with Gasteiger partial charge in [0, 0.05) is 6.42 Å². The van der Waals surface area contributed by atoms with Crippen molar-refractivity contribution in [2.24, 2.45) is 5.84 Å². The van der Waals surface area contributed by atoms with E-state index >= 15 is 0 Å². The normalized spacial score (nSPS) is 9.86. The molecule has 0 bridgehead atoms. The Morgan fingerprint density at radius 3 is 2.57 bits per heavy atom. The van der Waals surface area contributed by atoms with Crippen molar-refractivity contribution in [3.8, 4) is 0 Å². The number of rotatable bonds is 4. The smallest absolute Gasteiger partial charge is 0.236 e. The molecule has 0 atom stereocenters. The van der Waals surface area contributed by atoms with Gasteiger partial charge in [0.25, 0.3) is 0 Å². The van der Waals surface area contributed by atoms with Crippen LogP contribution in [0.1, 0.15) is 25.3 Å². The summed E-state index contributed by atoms with van der Waals surface area (Å²) in [6.07, 6.45) is 1.35. The number of nitrogens with zero attached hydrogens (tertiary/aromatic N) is 1. The summed E-state index contributed by atoms with van der Waals surface area (Å²) in [7, 11) is 0. The van der Waals surface area contributed by atoms with E-state index in [1.54, 1.807) is 0 Å². The maximum atomic E-state index is 11.3. The lowest BCUT2D eigenvalue weighted by Crippen LogP contribution is -2.36. The number of hydrogen-bond acceptors (Lipinski definition) is 2. The van der Waals surface area contributed by atoms with Gasteiger partial charge in [-0.25, -0.2) is 5.84 Å². The van der Waals surface area contributed by atoms with Crippen molar-refractivity contribution in [3.63, 3.8) is 0 Å². The third-order valence-corrected chi connectivity index (χ3v) is 1.98. The lowest BCUT2D eigenvalue weighted by Gasteiger charge is -2.15. The number of benzene rings is 1. The summed E-state index contributed by atoms with van der Waals surface area (Å²) in [5.74, 6) is 5.62. The molecule has 3 nitrogen and oxygen atoms in total. The standard InChI is InChI=1S/C11H16N2O/c1-2-6-11(14)13(12)9-10-7-4-3-5-8-10/h3-5,7-8H,2,6,9,12H2,1H3. The molecule has 0 saturated carbocycles. The summed E-state index contributed by atoms with van der Waals surface area (Å²) in [6.45, 7) is 2.45. The molecule has 2 N–H and O–H groups in total. The Bertz CT molecular complexity index is 285. The van der Waals surface area contributed by atoms with E-state index in [0.29, 0.717) is 13.0 Å². The maximum Gasteiger partial charge on any atom is 0.236 e. The highest BCUT2D eigenvalue weighted by molar-refractivity contribution is 5.75. The minimum Gasteiger partial charge on any atom is -0.276 e. The molecule has 0 aliphatic heterocycles.